The number of hydrogen-bond donors (Lipinski definition) is 2. The van der Waals surface area contributed by atoms with E-state index >= 15 is 0 Å². The quantitative estimate of drug-likeness (QED) is 0.788. The van der Waals surface area contributed by atoms with E-state index in [1.54, 1.807) is 0 Å². The Morgan fingerprint density at radius 3 is 2.44 bits per heavy atom. The van der Waals surface area contributed by atoms with Crippen molar-refractivity contribution in [2.45, 2.75) is 38.0 Å². The van der Waals surface area contributed by atoms with Crippen molar-refractivity contribution in [2.75, 3.05) is 6.54 Å². The molecular formula is C20H23ClN2O2. The summed E-state index contributed by atoms with van der Waals surface area (Å²) in [6.45, 7) is 1.24. The molecule has 0 radical (unpaired) electrons. The predicted octanol–water partition coefficient (Wildman–Crippen LogP) is 3.93. The van der Waals surface area contributed by atoms with Gasteiger partial charge in [-0.1, -0.05) is 54.1 Å². The lowest BCUT2D eigenvalue weighted by atomic mass is 9.87. The maximum absolute atomic E-state index is 11.8. The first-order valence-electron chi connectivity index (χ1n) is 8.64. The van der Waals surface area contributed by atoms with Gasteiger partial charge in [0.1, 0.15) is 6.61 Å². The summed E-state index contributed by atoms with van der Waals surface area (Å²) in [5, 5.41) is 7.20. The lowest BCUT2D eigenvalue weighted by molar-refractivity contribution is 0.125. The van der Waals surface area contributed by atoms with Crippen LogP contribution in [-0.2, 0) is 17.8 Å². The summed E-state index contributed by atoms with van der Waals surface area (Å²) < 4.78 is 5.24. The fraction of sp³-hybridized carbons (Fsp3) is 0.350. The van der Waals surface area contributed by atoms with E-state index in [1.165, 1.54) is 5.56 Å². The zero-order valence-corrected chi connectivity index (χ0v) is 14.8. The maximum atomic E-state index is 11.8. The van der Waals surface area contributed by atoms with Gasteiger partial charge in [-0.15, -0.1) is 0 Å². The molecule has 0 aromatic heterocycles. The van der Waals surface area contributed by atoms with Crippen molar-refractivity contribution in [2.24, 2.45) is 0 Å². The first kappa shape index (κ1) is 17.8. The van der Waals surface area contributed by atoms with Crippen molar-refractivity contribution in [1.29, 1.82) is 0 Å². The molecule has 2 aromatic rings. The molecule has 4 nitrogen and oxygen atoms in total. The van der Waals surface area contributed by atoms with Gasteiger partial charge in [-0.25, -0.2) is 4.79 Å². The van der Waals surface area contributed by atoms with E-state index in [9.17, 15) is 4.79 Å². The van der Waals surface area contributed by atoms with Gasteiger partial charge in [0.2, 0.25) is 0 Å². The molecule has 0 heterocycles. The topological polar surface area (TPSA) is 50.4 Å². The molecule has 0 spiro atoms. The molecular weight excluding hydrogens is 336 g/mol. The highest BCUT2D eigenvalue weighted by Crippen LogP contribution is 2.20. The van der Waals surface area contributed by atoms with E-state index in [0.717, 1.165) is 36.4 Å². The first-order chi connectivity index (χ1) is 12.2. The fourth-order valence-electron chi connectivity index (χ4n) is 2.91. The Morgan fingerprint density at radius 1 is 1.00 bits per heavy atom. The van der Waals surface area contributed by atoms with Crippen LogP contribution in [-0.4, -0.2) is 24.7 Å². The lowest BCUT2D eigenvalue weighted by Gasteiger charge is -2.36. The largest absolute Gasteiger partial charge is 0.445 e. The van der Waals surface area contributed by atoms with Gasteiger partial charge in [0.25, 0.3) is 0 Å². The predicted molar refractivity (Wildman–Crippen MR) is 99.7 cm³/mol. The Hall–Kier alpha value is -2.04. The van der Waals surface area contributed by atoms with E-state index < -0.39 is 0 Å². The van der Waals surface area contributed by atoms with E-state index in [4.69, 9.17) is 16.3 Å². The summed E-state index contributed by atoms with van der Waals surface area (Å²) in [7, 11) is 0. The second kappa shape index (κ2) is 8.88. The first-order valence-corrected chi connectivity index (χ1v) is 9.02. The standard InChI is InChI=1S/C20H23ClN2O2/c21-17-8-6-15(7-9-17)10-11-22-18-12-19(13-18)23-20(24)25-14-16-4-2-1-3-5-16/h1-9,18-19,22H,10-14H2,(H,23,24). The van der Waals surface area contributed by atoms with E-state index in [0.29, 0.717) is 12.6 Å². The number of alkyl carbamates (subject to hydrolysis) is 1. The molecule has 0 unspecified atom stereocenters. The van der Waals surface area contributed by atoms with Crippen molar-refractivity contribution < 1.29 is 9.53 Å². The number of carbonyl (C=O) groups is 1. The van der Waals surface area contributed by atoms with Gasteiger partial charge in [-0.2, -0.15) is 0 Å². The minimum absolute atomic E-state index is 0.205. The van der Waals surface area contributed by atoms with Gasteiger partial charge in [-0.05, 0) is 49.1 Å². The van der Waals surface area contributed by atoms with E-state index in [-0.39, 0.29) is 12.1 Å². The molecule has 1 amide bonds. The van der Waals surface area contributed by atoms with Crippen LogP contribution in [0.15, 0.2) is 54.6 Å². The molecule has 1 aliphatic carbocycles. The van der Waals surface area contributed by atoms with Crippen LogP contribution in [0.5, 0.6) is 0 Å². The molecule has 1 aliphatic rings. The molecule has 1 fully saturated rings. The van der Waals surface area contributed by atoms with Crippen LogP contribution in [0.1, 0.15) is 24.0 Å². The molecule has 5 heteroatoms. The number of ether oxygens (including phenoxy) is 1. The van der Waals surface area contributed by atoms with Crippen LogP contribution in [0.2, 0.25) is 5.02 Å². The summed E-state index contributed by atoms with van der Waals surface area (Å²) in [6.07, 6.45) is 2.53. The van der Waals surface area contributed by atoms with Crippen molar-refractivity contribution in [3.8, 4) is 0 Å². The van der Waals surface area contributed by atoms with Gasteiger partial charge < -0.3 is 15.4 Å². The highest BCUT2D eigenvalue weighted by molar-refractivity contribution is 6.30. The molecule has 25 heavy (non-hydrogen) atoms. The number of carbonyl (C=O) groups excluding carboxylic acids is 1. The maximum Gasteiger partial charge on any atom is 0.407 e. The van der Waals surface area contributed by atoms with Gasteiger partial charge in [-0.3, -0.25) is 0 Å². The second-order valence-electron chi connectivity index (χ2n) is 6.40. The molecule has 0 atom stereocenters. The summed E-state index contributed by atoms with van der Waals surface area (Å²) >= 11 is 5.88. The summed E-state index contributed by atoms with van der Waals surface area (Å²) in [4.78, 5) is 11.8. The SMILES string of the molecule is O=C(NC1CC(NCCc2ccc(Cl)cc2)C1)OCc1ccccc1. The third-order valence-electron chi connectivity index (χ3n) is 4.43. The zero-order valence-electron chi connectivity index (χ0n) is 14.1. The van der Waals surface area contributed by atoms with Crippen molar-refractivity contribution in [1.82, 2.24) is 10.6 Å². The van der Waals surface area contributed by atoms with Crippen molar-refractivity contribution in [3.63, 3.8) is 0 Å². The smallest absolute Gasteiger partial charge is 0.407 e. The molecule has 0 saturated heterocycles. The summed E-state index contributed by atoms with van der Waals surface area (Å²) in [5.41, 5.74) is 2.27. The molecule has 132 valence electrons. The third kappa shape index (κ3) is 5.76. The van der Waals surface area contributed by atoms with Crippen LogP contribution in [0.3, 0.4) is 0 Å². The Bertz CT molecular complexity index is 670. The Kier molecular flexibility index (Phi) is 6.31. The van der Waals surface area contributed by atoms with Gasteiger partial charge in [0, 0.05) is 17.1 Å². The second-order valence-corrected chi connectivity index (χ2v) is 6.84. The monoisotopic (exact) mass is 358 g/mol. The minimum atomic E-state index is -0.339. The molecule has 2 aromatic carbocycles. The number of amides is 1. The van der Waals surface area contributed by atoms with E-state index in [2.05, 4.69) is 22.8 Å². The van der Waals surface area contributed by atoms with Crippen LogP contribution >= 0.6 is 11.6 Å². The third-order valence-corrected chi connectivity index (χ3v) is 4.68. The average molecular weight is 359 g/mol. The summed E-state index contributed by atoms with van der Waals surface area (Å²) in [6, 6.07) is 18.3. The fourth-order valence-corrected chi connectivity index (χ4v) is 3.03. The normalized spacial score (nSPS) is 19.1. The van der Waals surface area contributed by atoms with Gasteiger partial charge in [0.15, 0.2) is 0 Å². The Labute approximate surface area is 153 Å². The van der Waals surface area contributed by atoms with Crippen LogP contribution < -0.4 is 10.6 Å². The van der Waals surface area contributed by atoms with Gasteiger partial charge >= 0.3 is 6.09 Å². The highest BCUT2D eigenvalue weighted by atomic mass is 35.5. The van der Waals surface area contributed by atoms with Crippen molar-refractivity contribution in [3.05, 3.63) is 70.7 Å². The molecule has 3 rings (SSSR count). The zero-order chi connectivity index (χ0) is 17.5. The number of halogens is 1. The Balaban J connectivity index is 1.26. The minimum Gasteiger partial charge on any atom is -0.445 e. The van der Waals surface area contributed by atoms with Gasteiger partial charge in [0.05, 0.1) is 0 Å². The molecule has 0 aliphatic heterocycles. The number of hydrogen-bond acceptors (Lipinski definition) is 3. The summed E-state index contributed by atoms with van der Waals surface area (Å²) in [5.74, 6) is 0. The average Bonchev–Trinajstić information content (AvgIpc) is 2.60. The molecule has 2 N–H and O–H groups in total. The number of nitrogens with one attached hydrogen (secondary N) is 2. The number of rotatable bonds is 7. The van der Waals surface area contributed by atoms with Crippen molar-refractivity contribution >= 4 is 17.7 Å². The van der Waals surface area contributed by atoms with Crippen LogP contribution in [0.4, 0.5) is 4.79 Å². The molecule has 1 saturated carbocycles. The lowest BCUT2D eigenvalue weighted by Crippen LogP contribution is -2.52. The highest BCUT2D eigenvalue weighted by Gasteiger charge is 2.30. The van der Waals surface area contributed by atoms with Crippen LogP contribution in [0, 0.1) is 0 Å². The number of benzene rings is 2. The van der Waals surface area contributed by atoms with E-state index in [1.807, 2.05) is 42.5 Å². The molecule has 0 bridgehead atoms. The van der Waals surface area contributed by atoms with Crippen LogP contribution in [0.25, 0.3) is 0 Å². The Morgan fingerprint density at radius 2 is 1.72 bits per heavy atom.